The number of amidine groups is 1. The Hall–Kier alpha value is -5.36. The third-order valence-corrected chi connectivity index (χ3v) is 5.13. The van der Waals surface area contributed by atoms with Crippen LogP contribution in [0.3, 0.4) is 0 Å². The summed E-state index contributed by atoms with van der Waals surface area (Å²) >= 11 is 0. The highest BCUT2D eigenvalue weighted by molar-refractivity contribution is 5.95. The van der Waals surface area contributed by atoms with Gasteiger partial charge in [-0.3, -0.25) is 5.41 Å². The lowest BCUT2D eigenvalue weighted by atomic mass is 10.1. The van der Waals surface area contributed by atoms with E-state index in [1.165, 1.54) is 7.11 Å². The molecule has 0 unspecified atom stereocenters. The molecule has 0 saturated heterocycles. The van der Waals surface area contributed by atoms with Crippen molar-refractivity contribution in [2.75, 3.05) is 18.6 Å². The fourth-order valence-corrected chi connectivity index (χ4v) is 3.21. The summed E-state index contributed by atoms with van der Waals surface area (Å²) in [5.41, 5.74) is 7.70. The Labute approximate surface area is 263 Å². The fraction of sp³-hybridized carbons (Fsp3) is 0.321. The highest BCUT2D eigenvalue weighted by Gasteiger charge is 2.38. The summed E-state index contributed by atoms with van der Waals surface area (Å²) in [7, 11) is 1.48. The van der Waals surface area contributed by atoms with Crippen molar-refractivity contribution < 1.29 is 64.7 Å². The Morgan fingerprint density at radius 1 is 1.00 bits per heavy atom. The van der Waals surface area contributed by atoms with E-state index in [4.69, 9.17) is 45.2 Å². The number of anilines is 2. The smallest absolute Gasteiger partial charge is 0.490 e. The minimum Gasteiger partial charge on any atom is -0.494 e. The molecular weight excluding hydrogens is 651 g/mol. The summed E-state index contributed by atoms with van der Waals surface area (Å²) in [6, 6.07) is 12.1. The average molecular weight is 682 g/mol. The third kappa shape index (κ3) is 13.3. The molecule has 0 aliphatic heterocycles. The van der Waals surface area contributed by atoms with Gasteiger partial charge >= 0.3 is 30.3 Å². The maximum Gasteiger partial charge on any atom is 0.490 e. The molecule has 0 amide bonds. The molecule has 0 bridgehead atoms. The Morgan fingerprint density at radius 2 is 1.53 bits per heavy atom. The number of nitrogens with one attached hydrogen (secondary N) is 1. The van der Waals surface area contributed by atoms with Gasteiger partial charge in [0.15, 0.2) is 11.6 Å². The van der Waals surface area contributed by atoms with Crippen LogP contribution < -0.4 is 24.8 Å². The van der Waals surface area contributed by atoms with E-state index in [0.29, 0.717) is 29.3 Å². The Morgan fingerprint density at radius 3 is 1.96 bits per heavy atom. The van der Waals surface area contributed by atoms with Gasteiger partial charge in [-0.25, -0.2) is 19.0 Å². The predicted molar refractivity (Wildman–Crippen MR) is 153 cm³/mol. The molecule has 0 aliphatic rings. The Kier molecular flexibility index (Phi) is 14.7. The number of hydrogen-bond acceptors (Lipinski definition) is 9. The molecule has 3 rings (SSSR count). The van der Waals surface area contributed by atoms with Gasteiger partial charge < -0.3 is 35.1 Å². The number of nitrogen functional groups attached to an aromatic ring is 1. The number of ether oxygens (including phenoxy) is 3. The Balaban J connectivity index is 0.000000658. The zero-order chi connectivity index (χ0) is 36.1. The van der Waals surface area contributed by atoms with Crippen molar-refractivity contribution in [3.63, 3.8) is 0 Å². The SMILES string of the molecule is CCOc1cc(OC(C)C)c(F)c(N(Cc2ccnc(OC)n2)c2ccc(C(=N)N)cc2)c1.O=C(O)C(F)(F)F.O=C(O)C(F)(F)F. The van der Waals surface area contributed by atoms with Gasteiger partial charge in [0.2, 0.25) is 0 Å². The summed E-state index contributed by atoms with van der Waals surface area (Å²) in [5, 5.41) is 21.9. The van der Waals surface area contributed by atoms with Crippen molar-refractivity contribution >= 4 is 29.1 Å². The van der Waals surface area contributed by atoms with Gasteiger partial charge in [0.25, 0.3) is 0 Å². The van der Waals surface area contributed by atoms with Gasteiger partial charge in [0.1, 0.15) is 11.6 Å². The van der Waals surface area contributed by atoms with E-state index in [9.17, 15) is 26.3 Å². The van der Waals surface area contributed by atoms with Crippen LogP contribution in [0, 0.1) is 11.2 Å². The van der Waals surface area contributed by atoms with Crippen LogP contribution in [0.2, 0.25) is 0 Å². The first-order chi connectivity index (χ1) is 21.7. The first-order valence-corrected chi connectivity index (χ1v) is 13.0. The molecule has 5 N–H and O–H groups in total. The highest BCUT2D eigenvalue weighted by Crippen LogP contribution is 2.38. The van der Waals surface area contributed by atoms with Gasteiger partial charge in [-0.15, -0.1) is 0 Å². The molecule has 258 valence electrons. The minimum atomic E-state index is -5.08. The van der Waals surface area contributed by atoms with Crippen LogP contribution >= 0.6 is 0 Å². The molecule has 0 saturated carbocycles. The standard InChI is InChI=1S/C24H28FN5O3.2C2HF3O2/c1-5-32-19-12-20(22(25)21(13-19)33-15(2)3)30(14-17-10-11-28-24(29-17)31-4)18-8-6-16(7-9-18)23(26)27;2*3-2(4,5)1(6)7/h6-13,15H,5,14H2,1-4H3,(H3,26,27);2*(H,6,7). The van der Waals surface area contributed by atoms with Crippen molar-refractivity contribution in [3.05, 3.63) is 65.7 Å². The zero-order valence-corrected chi connectivity index (χ0v) is 25.1. The number of halogens is 7. The van der Waals surface area contributed by atoms with Gasteiger partial charge in [0.05, 0.1) is 37.7 Å². The molecule has 0 fully saturated rings. The first-order valence-electron chi connectivity index (χ1n) is 13.0. The average Bonchev–Trinajstić information content (AvgIpc) is 2.97. The van der Waals surface area contributed by atoms with Gasteiger partial charge in [0, 0.05) is 29.6 Å². The van der Waals surface area contributed by atoms with Gasteiger partial charge in [-0.1, -0.05) is 0 Å². The minimum absolute atomic E-state index is 0.0502. The largest absolute Gasteiger partial charge is 0.494 e. The van der Waals surface area contributed by atoms with Crippen molar-refractivity contribution in [2.45, 2.75) is 45.8 Å². The lowest BCUT2D eigenvalue weighted by Crippen LogP contribution is -2.21. The summed E-state index contributed by atoms with van der Waals surface area (Å²) in [4.78, 5) is 28.0. The molecule has 47 heavy (non-hydrogen) atoms. The second-order valence-electron chi connectivity index (χ2n) is 9.04. The number of nitrogens with zero attached hydrogens (tertiary/aromatic N) is 3. The molecule has 3 aromatic rings. The predicted octanol–water partition coefficient (Wildman–Crippen LogP) is 5.70. The van der Waals surface area contributed by atoms with E-state index in [2.05, 4.69) is 9.97 Å². The number of aromatic nitrogens is 2. The first kappa shape index (κ1) is 39.7. The number of alkyl halides is 6. The lowest BCUT2D eigenvalue weighted by molar-refractivity contribution is -0.193. The van der Waals surface area contributed by atoms with E-state index in [0.717, 1.165) is 0 Å². The number of nitrogens with two attached hydrogens (primary N) is 1. The number of aliphatic carboxylic acids is 2. The van der Waals surface area contributed by atoms with E-state index in [-0.39, 0.29) is 35.9 Å². The Bertz CT molecular complexity index is 1480. The van der Waals surface area contributed by atoms with Crippen LogP contribution in [0.25, 0.3) is 0 Å². The monoisotopic (exact) mass is 681 g/mol. The molecule has 0 aliphatic carbocycles. The van der Waals surface area contributed by atoms with Crippen LogP contribution in [0.1, 0.15) is 32.0 Å². The van der Waals surface area contributed by atoms with E-state index >= 15 is 4.39 Å². The van der Waals surface area contributed by atoms with Gasteiger partial charge in [-0.2, -0.15) is 31.3 Å². The van der Waals surface area contributed by atoms with Crippen LogP contribution in [-0.2, 0) is 16.1 Å². The van der Waals surface area contributed by atoms with Crippen LogP contribution in [-0.4, -0.2) is 70.1 Å². The molecule has 19 heteroatoms. The topological polar surface area (TPSA) is 181 Å². The third-order valence-electron chi connectivity index (χ3n) is 5.13. The quantitative estimate of drug-likeness (QED) is 0.117. The maximum absolute atomic E-state index is 15.7. The fourth-order valence-electron chi connectivity index (χ4n) is 3.21. The van der Waals surface area contributed by atoms with E-state index in [1.807, 2.05) is 20.8 Å². The van der Waals surface area contributed by atoms with Crippen LogP contribution in [0.15, 0.2) is 48.7 Å². The van der Waals surface area contributed by atoms with E-state index in [1.54, 1.807) is 53.6 Å². The lowest BCUT2D eigenvalue weighted by Gasteiger charge is -2.27. The van der Waals surface area contributed by atoms with E-state index < -0.39 is 30.1 Å². The molecule has 0 spiro atoms. The second-order valence-corrected chi connectivity index (χ2v) is 9.04. The summed E-state index contributed by atoms with van der Waals surface area (Å²) in [5.74, 6) is -5.51. The molecule has 0 atom stereocenters. The number of carboxylic acids is 2. The molecular formula is C28H30F7N5O7. The second kappa shape index (κ2) is 17.4. The zero-order valence-electron chi connectivity index (χ0n) is 25.1. The molecule has 1 heterocycles. The van der Waals surface area contributed by atoms with Gasteiger partial charge in [-0.05, 0) is 51.1 Å². The van der Waals surface area contributed by atoms with Crippen molar-refractivity contribution in [2.24, 2.45) is 5.73 Å². The number of carboxylic acid groups (broad SMARTS) is 2. The normalized spacial score (nSPS) is 10.9. The summed E-state index contributed by atoms with van der Waals surface area (Å²) in [6.07, 6.45) is -8.81. The number of benzene rings is 2. The van der Waals surface area contributed by atoms with Crippen molar-refractivity contribution in [3.8, 4) is 17.5 Å². The number of methoxy groups -OCH3 is 1. The van der Waals surface area contributed by atoms with Crippen LogP contribution in [0.5, 0.6) is 17.5 Å². The van der Waals surface area contributed by atoms with Crippen molar-refractivity contribution in [1.82, 2.24) is 9.97 Å². The molecule has 0 radical (unpaired) electrons. The molecule has 1 aromatic heterocycles. The number of hydrogen-bond donors (Lipinski definition) is 4. The number of carbonyl (C=O) groups is 2. The highest BCUT2D eigenvalue weighted by atomic mass is 19.4. The number of rotatable bonds is 10. The molecule has 12 nitrogen and oxygen atoms in total. The van der Waals surface area contributed by atoms with Crippen LogP contribution in [0.4, 0.5) is 42.1 Å². The summed E-state index contributed by atoms with van der Waals surface area (Å²) in [6.45, 7) is 6.15. The summed E-state index contributed by atoms with van der Waals surface area (Å²) < 4.78 is 95.7. The van der Waals surface area contributed by atoms with Crippen molar-refractivity contribution in [1.29, 1.82) is 5.41 Å². The molecule has 2 aromatic carbocycles. The maximum atomic E-state index is 15.7.